The summed E-state index contributed by atoms with van der Waals surface area (Å²) in [6.45, 7) is 7.15. The average Bonchev–Trinajstić information content (AvgIpc) is 3.22. The second-order valence-corrected chi connectivity index (χ2v) is 12.1. The third-order valence-electron chi connectivity index (χ3n) is 7.05. The normalized spacial score (nSPS) is 16.2. The Balaban J connectivity index is 1.73. The molecule has 1 aliphatic heterocycles. The minimum atomic E-state index is -3.53. The monoisotopic (exact) mass is 540 g/mol. The molecular weight excluding hydrogens is 504 g/mol. The van der Waals surface area contributed by atoms with Crippen LogP contribution in [0.25, 0.3) is 10.9 Å². The van der Waals surface area contributed by atoms with Gasteiger partial charge in [0.1, 0.15) is 6.10 Å². The summed E-state index contributed by atoms with van der Waals surface area (Å²) in [6, 6.07) is 12.8. The van der Waals surface area contributed by atoms with Crippen molar-refractivity contribution in [3.63, 3.8) is 0 Å². The van der Waals surface area contributed by atoms with Gasteiger partial charge in [-0.1, -0.05) is 51.1 Å². The SMILES string of the molecule is CCc1cn2c3c(cc(C(=O)N[C@@H](Cc4ccccc4)[C@@H](CNC(C)C)OC=O)cc13)N(C)S(=O)(=O)CC2. The van der Waals surface area contributed by atoms with Gasteiger partial charge in [0.05, 0.1) is 23.0 Å². The molecule has 0 unspecified atom stereocenters. The van der Waals surface area contributed by atoms with Gasteiger partial charge in [0.15, 0.2) is 0 Å². The molecule has 1 aliphatic rings. The van der Waals surface area contributed by atoms with Crippen molar-refractivity contribution in [3.8, 4) is 0 Å². The number of sulfonamides is 1. The van der Waals surface area contributed by atoms with Gasteiger partial charge < -0.3 is 19.9 Å². The van der Waals surface area contributed by atoms with Crippen LogP contribution >= 0.6 is 0 Å². The van der Waals surface area contributed by atoms with Gasteiger partial charge in [-0.2, -0.15) is 0 Å². The van der Waals surface area contributed by atoms with Crippen LogP contribution in [0.4, 0.5) is 5.69 Å². The second kappa shape index (κ2) is 11.6. The number of nitrogens with zero attached hydrogens (tertiary/aromatic N) is 2. The van der Waals surface area contributed by atoms with Crippen molar-refractivity contribution in [1.29, 1.82) is 0 Å². The van der Waals surface area contributed by atoms with Crippen LogP contribution in [0.15, 0.2) is 48.7 Å². The Morgan fingerprint density at radius 1 is 1.18 bits per heavy atom. The smallest absolute Gasteiger partial charge is 0.293 e. The number of benzene rings is 2. The maximum absolute atomic E-state index is 13.7. The quantitative estimate of drug-likeness (QED) is 0.362. The summed E-state index contributed by atoms with van der Waals surface area (Å²) < 4.78 is 34.4. The van der Waals surface area contributed by atoms with Crippen molar-refractivity contribution in [2.24, 2.45) is 0 Å². The molecule has 0 saturated carbocycles. The number of carbonyl (C=O) groups excluding carboxylic acids is 2. The zero-order valence-electron chi connectivity index (χ0n) is 22.3. The first-order valence-corrected chi connectivity index (χ1v) is 14.5. The summed E-state index contributed by atoms with van der Waals surface area (Å²) in [5.74, 6) is -0.378. The summed E-state index contributed by atoms with van der Waals surface area (Å²) in [4.78, 5) is 25.1. The van der Waals surface area contributed by atoms with Crippen LogP contribution in [0.3, 0.4) is 0 Å². The van der Waals surface area contributed by atoms with Crippen molar-refractivity contribution < 1.29 is 22.7 Å². The van der Waals surface area contributed by atoms with Crippen molar-refractivity contribution in [3.05, 3.63) is 65.4 Å². The molecule has 3 aromatic rings. The first-order chi connectivity index (χ1) is 18.1. The third-order valence-corrected chi connectivity index (χ3v) is 8.78. The van der Waals surface area contributed by atoms with Crippen molar-refractivity contribution >= 4 is 39.0 Å². The molecule has 38 heavy (non-hydrogen) atoms. The molecule has 10 heteroatoms. The van der Waals surface area contributed by atoms with Gasteiger partial charge in [-0.25, -0.2) is 8.42 Å². The van der Waals surface area contributed by atoms with E-state index in [4.69, 9.17) is 4.74 Å². The predicted molar refractivity (Wildman–Crippen MR) is 149 cm³/mol. The van der Waals surface area contributed by atoms with Gasteiger partial charge in [0.2, 0.25) is 10.0 Å². The molecule has 0 radical (unpaired) electrons. The molecule has 2 atom stereocenters. The van der Waals surface area contributed by atoms with Gasteiger partial charge >= 0.3 is 0 Å². The van der Waals surface area contributed by atoms with E-state index in [0.29, 0.717) is 37.2 Å². The van der Waals surface area contributed by atoms with Gasteiger partial charge in [0.25, 0.3) is 12.4 Å². The Kier molecular flexibility index (Phi) is 8.42. The number of amides is 1. The largest absolute Gasteiger partial charge is 0.461 e. The molecule has 0 saturated heterocycles. The molecule has 1 aromatic heterocycles. The number of nitrogens with one attached hydrogen (secondary N) is 2. The van der Waals surface area contributed by atoms with Crippen LogP contribution in [-0.4, -0.2) is 62.9 Å². The molecule has 2 N–H and O–H groups in total. The average molecular weight is 541 g/mol. The molecule has 0 fully saturated rings. The number of hydrogen-bond acceptors (Lipinski definition) is 6. The number of carbonyl (C=O) groups is 2. The fraction of sp³-hybridized carbons (Fsp3) is 0.429. The zero-order valence-corrected chi connectivity index (χ0v) is 23.1. The molecule has 0 bridgehead atoms. The van der Waals surface area contributed by atoms with E-state index in [0.717, 1.165) is 28.5 Å². The lowest BCUT2D eigenvalue weighted by Crippen LogP contribution is -2.50. The highest BCUT2D eigenvalue weighted by Crippen LogP contribution is 2.35. The third kappa shape index (κ3) is 5.86. The van der Waals surface area contributed by atoms with E-state index in [1.807, 2.05) is 67.9 Å². The van der Waals surface area contributed by atoms with E-state index in [2.05, 4.69) is 10.6 Å². The van der Waals surface area contributed by atoms with Crippen LogP contribution < -0.4 is 14.9 Å². The summed E-state index contributed by atoms with van der Waals surface area (Å²) in [5, 5.41) is 7.23. The maximum Gasteiger partial charge on any atom is 0.293 e. The first-order valence-electron chi connectivity index (χ1n) is 12.9. The standard InChI is InChI=1S/C28H36N4O5S/c1-5-21-17-32-11-12-38(35,36)31(4)25-15-22(14-23(21)27(25)32)28(34)30-24(13-20-9-7-6-8-10-20)26(37-18-33)16-29-19(2)3/h6-10,14-15,17-19,24,26,29H,5,11-13,16H2,1-4H3,(H,30,34)/t24-,26+/m0/s1. The Hall–Kier alpha value is -3.37. The number of aromatic nitrogens is 1. The van der Waals surface area contributed by atoms with Gasteiger partial charge in [-0.05, 0) is 36.1 Å². The van der Waals surface area contributed by atoms with Crippen LogP contribution in [0.5, 0.6) is 0 Å². The topological polar surface area (TPSA) is 110 Å². The Morgan fingerprint density at radius 2 is 1.92 bits per heavy atom. The summed E-state index contributed by atoms with van der Waals surface area (Å²) in [7, 11) is -2.00. The van der Waals surface area contributed by atoms with Gasteiger partial charge in [0, 0.05) is 43.3 Å². The molecule has 1 amide bonds. The van der Waals surface area contributed by atoms with Crippen LogP contribution in [0.1, 0.15) is 42.3 Å². The van der Waals surface area contributed by atoms with Crippen LogP contribution in [0.2, 0.25) is 0 Å². The maximum atomic E-state index is 13.7. The van der Waals surface area contributed by atoms with Crippen LogP contribution in [-0.2, 0) is 38.9 Å². The molecule has 0 spiro atoms. The second-order valence-electron chi connectivity index (χ2n) is 9.98. The number of hydrogen-bond donors (Lipinski definition) is 2. The highest BCUT2D eigenvalue weighted by Gasteiger charge is 2.30. The van der Waals surface area contributed by atoms with E-state index >= 15 is 0 Å². The summed E-state index contributed by atoms with van der Waals surface area (Å²) >= 11 is 0. The van der Waals surface area contributed by atoms with E-state index in [1.54, 1.807) is 6.07 Å². The predicted octanol–water partition coefficient (Wildman–Crippen LogP) is 2.86. The fourth-order valence-corrected chi connectivity index (χ4v) is 6.06. The Labute approximate surface area is 224 Å². The minimum absolute atomic E-state index is 0.0145. The number of anilines is 1. The highest BCUT2D eigenvalue weighted by molar-refractivity contribution is 7.92. The fourth-order valence-electron chi connectivity index (χ4n) is 4.92. The lowest BCUT2D eigenvalue weighted by molar-refractivity contribution is -0.134. The van der Waals surface area contributed by atoms with Gasteiger partial charge in [-0.15, -0.1) is 0 Å². The van der Waals surface area contributed by atoms with Crippen molar-refractivity contribution in [1.82, 2.24) is 15.2 Å². The lowest BCUT2D eigenvalue weighted by atomic mass is 9.99. The Bertz CT molecular complexity index is 1400. The molecule has 0 aliphatic carbocycles. The number of rotatable bonds is 11. The molecule has 4 rings (SSSR count). The number of ether oxygens (including phenoxy) is 1. The molecule has 2 aromatic carbocycles. The molecule has 9 nitrogen and oxygen atoms in total. The van der Waals surface area contributed by atoms with E-state index in [-0.39, 0.29) is 17.7 Å². The lowest BCUT2D eigenvalue weighted by Gasteiger charge is -2.28. The molecule has 204 valence electrons. The molecular formula is C28H36N4O5S. The number of aryl methyl sites for hydroxylation is 2. The minimum Gasteiger partial charge on any atom is -0.461 e. The first kappa shape index (κ1) is 27.7. The van der Waals surface area contributed by atoms with E-state index in [9.17, 15) is 18.0 Å². The van der Waals surface area contributed by atoms with Gasteiger partial charge in [-0.3, -0.25) is 13.9 Å². The summed E-state index contributed by atoms with van der Waals surface area (Å²) in [5.41, 5.74) is 3.68. The highest BCUT2D eigenvalue weighted by atomic mass is 32.2. The summed E-state index contributed by atoms with van der Waals surface area (Å²) in [6.07, 6.45) is 2.57. The Morgan fingerprint density at radius 3 is 2.58 bits per heavy atom. The van der Waals surface area contributed by atoms with E-state index < -0.39 is 22.2 Å². The zero-order chi connectivity index (χ0) is 27.4. The van der Waals surface area contributed by atoms with Crippen molar-refractivity contribution in [2.45, 2.75) is 58.3 Å². The molecule has 2 heterocycles. The van der Waals surface area contributed by atoms with Crippen molar-refractivity contribution in [2.75, 3.05) is 23.7 Å². The van der Waals surface area contributed by atoms with Crippen LogP contribution in [0, 0.1) is 0 Å². The van der Waals surface area contributed by atoms with E-state index in [1.165, 1.54) is 11.4 Å².